The SMILES string of the molecule is c1ccc(C2NC(c3ccc4sc5ccc(-c6cccc7c6sc6ccccc67)cc5c4c3)=NC(c3cccc4c3sc3ccccc34)N2)cc1. The summed E-state index contributed by atoms with van der Waals surface area (Å²) in [5.41, 5.74) is 6.02. The van der Waals surface area contributed by atoms with E-state index in [1.807, 2.05) is 34.0 Å². The van der Waals surface area contributed by atoms with Gasteiger partial charge in [0.05, 0.1) is 0 Å². The molecule has 0 saturated heterocycles. The summed E-state index contributed by atoms with van der Waals surface area (Å²) >= 11 is 5.60. The summed E-state index contributed by atoms with van der Waals surface area (Å²) in [4.78, 5) is 5.42. The van der Waals surface area contributed by atoms with E-state index in [4.69, 9.17) is 4.99 Å². The lowest BCUT2D eigenvalue weighted by molar-refractivity contribution is 0.411. The zero-order valence-corrected chi connectivity index (χ0v) is 29.7. The number of hydrogen-bond acceptors (Lipinski definition) is 6. The molecule has 0 amide bonds. The van der Waals surface area contributed by atoms with Crippen molar-refractivity contribution in [1.29, 1.82) is 0 Å². The first kappa shape index (κ1) is 29.4. The second kappa shape index (κ2) is 11.6. The van der Waals surface area contributed by atoms with Crippen LogP contribution in [-0.2, 0) is 0 Å². The molecule has 2 atom stereocenters. The van der Waals surface area contributed by atoms with Crippen molar-refractivity contribution in [2.75, 3.05) is 0 Å². The molecule has 0 radical (unpaired) electrons. The Labute approximate surface area is 306 Å². The largest absolute Gasteiger partial charge is 0.350 e. The number of benzene rings is 7. The molecule has 0 bridgehead atoms. The van der Waals surface area contributed by atoms with Crippen molar-refractivity contribution in [2.45, 2.75) is 12.3 Å². The molecule has 3 nitrogen and oxygen atoms in total. The molecule has 51 heavy (non-hydrogen) atoms. The van der Waals surface area contributed by atoms with Crippen molar-refractivity contribution >= 4 is 100 Å². The number of thiophene rings is 3. The predicted octanol–water partition coefficient (Wildman–Crippen LogP) is 12.8. The highest BCUT2D eigenvalue weighted by Crippen LogP contribution is 2.43. The number of nitrogens with zero attached hydrogens (tertiary/aromatic N) is 1. The number of nitrogens with one attached hydrogen (secondary N) is 2. The Kier molecular flexibility index (Phi) is 6.67. The van der Waals surface area contributed by atoms with Gasteiger partial charge < -0.3 is 5.32 Å². The van der Waals surface area contributed by atoms with Gasteiger partial charge in [0.2, 0.25) is 0 Å². The Morgan fingerprint density at radius 1 is 0.451 bits per heavy atom. The predicted molar refractivity (Wildman–Crippen MR) is 222 cm³/mol. The van der Waals surface area contributed by atoms with Gasteiger partial charge in [-0.2, -0.15) is 0 Å². The molecule has 2 N–H and O–H groups in total. The molecule has 4 heterocycles. The van der Waals surface area contributed by atoms with E-state index < -0.39 is 0 Å². The lowest BCUT2D eigenvalue weighted by Gasteiger charge is -2.32. The number of fused-ring (bicyclic) bond motifs is 9. The molecule has 0 aliphatic carbocycles. The van der Waals surface area contributed by atoms with E-state index in [0.717, 1.165) is 11.4 Å². The minimum Gasteiger partial charge on any atom is -0.350 e. The fraction of sp³-hybridized carbons (Fsp3) is 0.0444. The first-order chi connectivity index (χ1) is 25.2. The first-order valence-corrected chi connectivity index (χ1v) is 19.6. The van der Waals surface area contributed by atoms with Crippen molar-refractivity contribution in [3.63, 3.8) is 0 Å². The highest BCUT2D eigenvalue weighted by Gasteiger charge is 2.27. The minimum absolute atomic E-state index is 0.100. The van der Waals surface area contributed by atoms with Crippen LogP contribution in [0.15, 0.2) is 157 Å². The van der Waals surface area contributed by atoms with E-state index in [9.17, 15) is 0 Å². The molecular formula is C45H29N3S3. The molecule has 10 aromatic rings. The molecule has 0 saturated carbocycles. The Balaban J connectivity index is 1.06. The molecule has 11 rings (SSSR count). The normalized spacial score (nSPS) is 16.4. The number of aliphatic imine (C=N–C) groups is 1. The van der Waals surface area contributed by atoms with Crippen LogP contribution in [0.1, 0.15) is 29.0 Å². The standard InChI is InChI=1S/C45H29N3S3/c1-2-10-26(11-3-1)43-46-44(48-45(47-43)34-17-9-16-33-31-13-5-7-19-38(31)51-42(33)34)28-21-23-40-36(25-28)35-24-27(20-22-39(35)49-40)29-14-8-15-32-30-12-4-6-18-37(30)50-41(29)32/h1-25,43,45,47H,(H,46,48). The lowest BCUT2D eigenvalue weighted by Crippen LogP contribution is -2.44. The fourth-order valence-electron chi connectivity index (χ4n) is 7.73. The van der Waals surface area contributed by atoms with Gasteiger partial charge in [-0.3, -0.25) is 5.32 Å². The highest BCUT2D eigenvalue weighted by molar-refractivity contribution is 7.27. The molecular weight excluding hydrogens is 679 g/mol. The van der Waals surface area contributed by atoms with Gasteiger partial charge in [0.15, 0.2) is 0 Å². The number of amidine groups is 1. The van der Waals surface area contributed by atoms with E-state index in [1.54, 1.807) is 0 Å². The van der Waals surface area contributed by atoms with Gasteiger partial charge >= 0.3 is 0 Å². The van der Waals surface area contributed by atoms with Crippen LogP contribution >= 0.6 is 34.0 Å². The van der Waals surface area contributed by atoms with Crippen molar-refractivity contribution in [3.8, 4) is 11.1 Å². The third-order valence-electron chi connectivity index (χ3n) is 10.2. The Bertz CT molecular complexity index is 3000. The quantitative estimate of drug-likeness (QED) is 0.191. The number of rotatable bonds is 4. The summed E-state index contributed by atoms with van der Waals surface area (Å²) in [7, 11) is 0. The van der Waals surface area contributed by atoms with Crippen LogP contribution in [0.25, 0.3) is 71.6 Å². The maximum absolute atomic E-state index is 5.42. The first-order valence-electron chi connectivity index (χ1n) is 17.2. The molecule has 0 spiro atoms. The van der Waals surface area contributed by atoms with Crippen molar-refractivity contribution in [2.24, 2.45) is 4.99 Å². The summed E-state index contributed by atoms with van der Waals surface area (Å²) in [5.74, 6) is 0.901. The molecule has 242 valence electrons. The van der Waals surface area contributed by atoms with Crippen LogP contribution < -0.4 is 10.6 Å². The lowest BCUT2D eigenvalue weighted by atomic mass is 10.00. The van der Waals surface area contributed by atoms with Crippen molar-refractivity contribution < 1.29 is 0 Å². The molecule has 3 aromatic heterocycles. The van der Waals surface area contributed by atoms with Crippen molar-refractivity contribution in [1.82, 2.24) is 10.6 Å². The van der Waals surface area contributed by atoms with Gasteiger partial charge in [-0.05, 0) is 59.2 Å². The Morgan fingerprint density at radius 2 is 1.04 bits per heavy atom. The van der Waals surface area contributed by atoms with Crippen LogP contribution in [0.2, 0.25) is 0 Å². The summed E-state index contributed by atoms with van der Waals surface area (Å²) < 4.78 is 7.84. The summed E-state index contributed by atoms with van der Waals surface area (Å²) in [6, 6.07) is 55.3. The van der Waals surface area contributed by atoms with Gasteiger partial charge in [-0.25, -0.2) is 4.99 Å². The summed E-state index contributed by atoms with van der Waals surface area (Å²) in [6.45, 7) is 0. The monoisotopic (exact) mass is 707 g/mol. The van der Waals surface area contributed by atoms with Crippen LogP contribution in [0, 0.1) is 0 Å². The van der Waals surface area contributed by atoms with Gasteiger partial charge in [-0.15, -0.1) is 34.0 Å². The van der Waals surface area contributed by atoms with Crippen LogP contribution in [-0.4, -0.2) is 5.84 Å². The van der Waals surface area contributed by atoms with Gasteiger partial charge in [0.1, 0.15) is 18.2 Å². The van der Waals surface area contributed by atoms with Crippen LogP contribution in [0.5, 0.6) is 0 Å². The maximum Gasteiger partial charge on any atom is 0.131 e. The topological polar surface area (TPSA) is 36.4 Å². The highest BCUT2D eigenvalue weighted by atomic mass is 32.1. The van der Waals surface area contributed by atoms with Crippen LogP contribution in [0.4, 0.5) is 0 Å². The zero-order valence-electron chi connectivity index (χ0n) is 27.3. The van der Waals surface area contributed by atoms with Gasteiger partial charge in [-0.1, -0.05) is 109 Å². The molecule has 7 aromatic carbocycles. The molecule has 2 unspecified atom stereocenters. The molecule has 6 heteroatoms. The summed E-state index contributed by atoms with van der Waals surface area (Å²) in [5, 5.41) is 15.4. The Hall–Kier alpha value is -5.37. The average Bonchev–Trinajstić information content (AvgIpc) is 3.89. The Morgan fingerprint density at radius 3 is 1.80 bits per heavy atom. The second-order valence-corrected chi connectivity index (χ2v) is 16.3. The second-order valence-electron chi connectivity index (χ2n) is 13.2. The number of hydrogen-bond donors (Lipinski definition) is 2. The van der Waals surface area contributed by atoms with E-state index in [2.05, 4.69) is 162 Å². The molecule has 0 fully saturated rings. The smallest absolute Gasteiger partial charge is 0.131 e. The summed E-state index contributed by atoms with van der Waals surface area (Å²) in [6.07, 6.45) is -0.316. The maximum atomic E-state index is 5.42. The van der Waals surface area contributed by atoms with Gasteiger partial charge in [0.25, 0.3) is 0 Å². The van der Waals surface area contributed by atoms with E-state index in [-0.39, 0.29) is 12.3 Å². The van der Waals surface area contributed by atoms with Crippen molar-refractivity contribution in [3.05, 3.63) is 168 Å². The van der Waals surface area contributed by atoms with Gasteiger partial charge in [0, 0.05) is 71.6 Å². The minimum atomic E-state index is -0.216. The van der Waals surface area contributed by atoms with E-state index in [1.165, 1.54) is 82.8 Å². The van der Waals surface area contributed by atoms with E-state index in [0.29, 0.717) is 0 Å². The average molecular weight is 708 g/mol. The third-order valence-corrected chi connectivity index (χ3v) is 13.8. The fourth-order valence-corrected chi connectivity index (χ4v) is 11.3. The molecule has 1 aliphatic heterocycles. The van der Waals surface area contributed by atoms with E-state index >= 15 is 0 Å². The molecule has 1 aliphatic rings. The third kappa shape index (κ3) is 4.75. The van der Waals surface area contributed by atoms with Crippen LogP contribution in [0.3, 0.4) is 0 Å². The zero-order chi connectivity index (χ0) is 33.5.